The number of aromatic nitrogens is 2. The van der Waals surface area contributed by atoms with Gasteiger partial charge in [-0.1, -0.05) is 29.8 Å². The number of ether oxygens (including phenoxy) is 2. The standard InChI is InChI=1S/C25H22N4O4/c1-16-5-4-6-17(11-16)25(31)26-13-23-28-19-7-2-3-8-20(19)29(23)14-24(30)27-18-9-10-21-22(12-18)33-15-32-21/h2-12H,13-15H2,1H3,(H,26,31)(H,27,30). The highest BCUT2D eigenvalue weighted by Gasteiger charge is 2.17. The van der Waals surface area contributed by atoms with E-state index in [0.29, 0.717) is 28.6 Å². The number of aryl methyl sites for hydroxylation is 1. The predicted octanol–water partition coefficient (Wildman–Crippen LogP) is 3.64. The van der Waals surface area contributed by atoms with Crippen molar-refractivity contribution in [2.75, 3.05) is 12.1 Å². The summed E-state index contributed by atoms with van der Waals surface area (Å²) in [6.07, 6.45) is 0. The SMILES string of the molecule is Cc1cccc(C(=O)NCc2nc3ccccc3n2CC(=O)Nc2ccc3c(c2)OCO3)c1. The first kappa shape index (κ1) is 20.6. The molecule has 0 saturated heterocycles. The summed E-state index contributed by atoms with van der Waals surface area (Å²) >= 11 is 0. The van der Waals surface area contributed by atoms with Crippen LogP contribution >= 0.6 is 0 Å². The van der Waals surface area contributed by atoms with Crippen molar-refractivity contribution >= 4 is 28.5 Å². The van der Waals surface area contributed by atoms with Gasteiger partial charge < -0.3 is 24.7 Å². The lowest BCUT2D eigenvalue weighted by atomic mass is 10.1. The molecule has 8 nitrogen and oxygen atoms in total. The minimum atomic E-state index is -0.219. The Bertz CT molecular complexity index is 1360. The number of benzene rings is 3. The summed E-state index contributed by atoms with van der Waals surface area (Å²) in [7, 11) is 0. The topological polar surface area (TPSA) is 94.5 Å². The van der Waals surface area contributed by atoms with Crippen LogP contribution in [0.2, 0.25) is 0 Å². The molecule has 4 aromatic rings. The van der Waals surface area contributed by atoms with E-state index in [9.17, 15) is 9.59 Å². The fourth-order valence-corrected chi connectivity index (χ4v) is 3.80. The predicted molar refractivity (Wildman–Crippen MR) is 123 cm³/mol. The third-order valence-corrected chi connectivity index (χ3v) is 5.38. The van der Waals surface area contributed by atoms with Gasteiger partial charge in [0.2, 0.25) is 12.7 Å². The van der Waals surface area contributed by atoms with Crippen LogP contribution in [0.3, 0.4) is 0 Å². The zero-order valence-electron chi connectivity index (χ0n) is 18.0. The van der Waals surface area contributed by atoms with Crippen molar-refractivity contribution in [1.82, 2.24) is 14.9 Å². The number of amides is 2. The molecule has 0 spiro atoms. The normalized spacial score (nSPS) is 12.0. The van der Waals surface area contributed by atoms with Gasteiger partial charge in [-0.05, 0) is 43.3 Å². The lowest BCUT2D eigenvalue weighted by molar-refractivity contribution is -0.116. The van der Waals surface area contributed by atoms with Crippen molar-refractivity contribution in [2.45, 2.75) is 20.0 Å². The largest absolute Gasteiger partial charge is 0.454 e. The summed E-state index contributed by atoms with van der Waals surface area (Å²) in [6.45, 7) is 2.35. The van der Waals surface area contributed by atoms with Gasteiger partial charge in [-0.3, -0.25) is 9.59 Å². The van der Waals surface area contributed by atoms with Crippen LogP contribution in [-0.4, -0.2) is 28.2 Å². The number of anilines is 1. The zero-order valence-corrected chi connectivity index (χ0v) is 18.0. The van der Waals surface area contributed by atoms with E-state index in [1.54, 1.807) is 24.3 Å². The Morgan fingerprint density at radius 3 is 2.73 bits per heavy atom. The number of nitrogens with zero attached hydrogens (tertiary/aromatic N) is 2. The summed E-state index contributed by atoms with van der Waals surface area (Å²) < 4.78 is 12.5. The average molecular weight is 442 g/mol. The molecule has 1 aromatic heterocycles. The van der Waals surface area contributed by atoms with Gasteiger partial charge in [0.1, 0.15) is 12.4 Å². The summed E-state index contributed by atoms with van der Waals surface area (Å²) in [5, 5.41) is 5.80. The molecule has 166 valence electrons. The number of fused-ring (bicyclic) bond motifs is 2. The summed E-state index contributed by atoms with van der Waals surface area (Å²) in [4.78, 5) is 30.1. The molecule has 8 heteroatoms. The van der Waals surface area contributed by atoms with Crippen molar-refractivity contribution < 1.29 is 19.1 Å². The number of imidazole rings is 1. The maximum absolute atomic E-state index is 12.9. The molecule has 1 aliphatic heterocycles. The number of carbonyl (C=O) groups excluding carboxylic acids is 2. The molecular weight excluding hydrogens is 420 g/mol. The zero-order chi connectivity index (χ0) is 22.8. The molecule has 0 saturated carbocycles. The molecule has 33 heavy (non-hydrogen) atoms. The maximum Gasteiger partial charge on any atom is 0.251 e. The summed E-state index contributed by atoms with van der Waals surface area (Å²) in [5.74, 6) is 1.43. The van der Waals surface area contributed by atoms with Crippen molar-refractivity contribution in [2.24, 2.45) is 0 Å². The van der Waals surface area contributed by atoms with Crippen LogP contribution in [0.15, 0.2) is 66.7 Å². The van der Waals surface area contributed by atoms with Gasteiger partial charge in [0.15, 0.2) is 11.5 Å². The molecule has 0 atom stereocenters. The fraction of sp³-hybridized carbons (Fsp3) is 0.160. The van der Waals surface area contributed by atoms with E-state index >= 15 is 0 Å². The first-order valence-corrected chi connectivity index (χ1v) is 10.6. The van der Waals surface area contributed by atoms with Crippen LogP contribution in [0, 0.1) is 6.92 Å². The van der Waals surface area contributed by atoms with Gasteiger partial charge >= 0.3 is 0 Å². The quantitative estimate of drug-likeness (QED) is 0.475. The van der Waals surface area contributed by atoms with Gasteiger partial charge in [-0.15, -0.1) is 0 Å². The van der Waals surface area contributed by atoms with Crippen LogP contribution in [0.25, 0.3) is 11.0 Å². The van der Waals surface area contributed by atoms with Crippen molar-refractivity contribution in [1.29, 1.82) is 0 Å². The van der Waals surface area contributed by atoms with E-state index in [1.165, 1.54) is 0 Å². The van der Waals surface area contributed by atoms with Gasteiger partial charge in [0.25, 0.3) is 5.91 Å². The number of para-hydroxylation sites is 2. The van der Waals surface area contributed by atoms with E-state index in [0.717, 1.165) is 16.6 Å². The molecule has 3 aromatic carbocycles. The molecule has 0 unspecified atom stereocenters. The molecule has 2 amide bonds. The number of carbonyl (C=O) groups is 2. The van der Waals surface area contributed by atoms with Crippen LogP contribution in [0.5, 0.6) is 11.5 Å². The molecule has 2 heterocycles. The Hall–Kier alpha value is -4.33. The Morgan fingerprint density at radius 2 is 1.85 bits per heavy atom. The Labute approximate surface area is 190 Å². The van der Waals surface area contributed by atoms with E-state index < -0.39 is 0 Å². The van der Waals surface area contributed by atoms with E-state index in [2.05, 4.69) is 15.6 Å². The lowest BCUT2D eigenvalue weighted by Crippen LogP contribution is -2.26. The third-order valence-electron chi connectivity index (χ3n) is 5.38. The number of hydrogen-bond donors (Lipinski definition) is 2. The smallest absolute Gasteiger partial charge is 0.251 e. The molecule has 0 aliphatic carbocycles. The first-order chi connectivity index (χ1) is 16.1. The van der Waals surface area contributed by atoms with E-state index in [-0.39, 0.29) is 31.7 Å². The number of hydrogen-bond acceptors (Lipinski definition) is 5. The minimum absolute atomic E-state index is 0.0462. The second kappa shape index (κ2) is 8.66. The van der Waals surface area contributed by atoms with Crippen LogP contribution < -0.4 is 20.1 Å². The van der Waals surface area contributed by atoms with Gasteiger partial charge in [-0.25, -0.2) is 4.98 Å². The van der Waals surface area contributed by atoms with Crippen molar-refractivity contribution in [3.63, 3.8) is 0 Å². The highest BCUT2D eigenvalue weighted by Crippen LogP contribution is 2.34. The summed E-state index contributed by atoms with van der Waals surface area (Å²) in [6, 6.07) is 20.2. The molecule has 0 fully saturated rings. The van der Waals surface area contributed by atoms with Crippen LogP contribution in [-0.2, 0) is 17.9 Å². The second-order valence-electron chi connectivity index (χ2n) is 7.77. The number of nitrogens with one attached hydrogen (secondary N) is 2. The second-order valence-corrected chi connectivity index (χ2v) is 7.77. The van der Waals surface area contributed by atoms with Crippen LogP contribution in [0.4, 0.5) is 5.69 Å². The molecule has 0 radical (unpaired) electrons. The number of rotatable bonds is 6. The molecule has 2 N–H and O–H groups in total. The van der Waals surface area contributed by atoms with Crippen molar-refractivity contribution in [3.05, 3.63) is 83.7 Å². The Kier molecular flexibility index (Phi) is 5.40. The molecule has 1 aliphatic rings. The van der Waals surface area contributed by atoms with Crippen LogP contribution in [0.1, 0.15) is 21.7 Å². The van der Waals surface area contributed by atoms with Crippen molar-refractivity contribution in [3.8, 4) is 11.5 Å². The molecule has 0 bridgehead atoms. The van der Waals surface area contributed by atoms with Gasteiger partial charge in [-0.2, -0.15) is 0 Å². The third kappa shape index (κ3) is 4.36. The Morgan fingerprint density at radius 1 is 1.00 bits per heavy atom. The first-order valence-electron chi connectivity index (χ1n) is 10.6. The average Bonchev–Trinajstić information content (AvgIpc) is 3.42. The molecular formula is C25H22N4O4. The molecule has 5 rings (SSSR count). The monoisotopic (exact) mass is 442 g/mol. The highest BCUT2D eigenvalue weighted by atomic mass is 16.7. The Balaban J connectivity index is 1.34. The van der Waals surface area contributed by atoms with Gasteiger partial charge in [0, 0.05) is 17.3 Å². The van der Waals surface area contributed by atoms with E-state index in [4.69, 9.17) is 9.47 Å². The maximum atomic E-state index is 12.9. The summed E-state index contributed by atoms with van der Waals surface area (Å²) in [5.41, 5.74) is 3.78. The highest BCUT2D eigenvalue weighted by molar-refractivity contribution is 5.94. The minimum Gasteiger partial charge on any atom is -0.454 e. The van der Waals surface area contributed by atoms with E-state index in [1.807, 2.05) is 54.0 Å². The van der Waals surface area contributed by atoms with Gasteiger partial charge in [0.05, 0.1) is 17.6 Å². The fourth-order valence-electron chi connectivity index (χ4n) is 3.80. The lowest BCUT2D eigenvalue weighted by Gasteiger charge is -2.11.